The Kier molecular flexibility index (Phi) is 5.27. The van der Waals surface area contributed by atoms with Gasteiger partial charge in [-0.2, -0.15) is 0 Å². The molecule has 0 unspecified atom stereocenters. The van der Waals surface area contributed by atoms with E-state index >= 15 is 0 Å². The van der Waals surface area contributed by atoms with Gasteiger partial charge in [0, 0.05) is 5.69 Å². The predicted molar refractivity (Wildman–Crippen MR) is 86.8 cm³/mol. The molecule has 2 N–H and O–H groups in total. The molecule has 5 nitrogen and oxygen atoms in total. The number of rotatable bonds is 6. The van der Waals surface area contributed by atoms with Crippen molar-refractivity contribution in [3.8, 4) is 0 Å². The number of hydrogen-bond acceptors (Lipinski definition) is 5. The van der Waals surface area contributed by atoms with Gasteiger partial charge in [0.1, 0.15) is 11.0 Å². The maximum absolute atomic E-state index is 12.3. The van der Waals surface area contributed by atoms with Crippen molar-refractivity contribution in [2.24, 2.45) is 0 Å². The van der Waals surface area contributed by atoms with Crippen molar-refractivity contribution in [2.75, 3.05) is 10.6 Å². The number of nitrogens with zero attached hydrogens (tertiary/aromatic N) is 2. The van der Waals surface area contributed by atoms with Gasteiger partial charge in [-0.15, -0.1) is 10.2 Å². The van der Waals surface area contributed by atoms with Crippen molar-refractivity contribution in [1.29, 1.82) is 0 Å². The second-order valence-corrected chi connectivity index (χ2v) is 5.88. The first-order valence-corrected chi connectivity index (χ1v) is 7.90. The van der Waals surface area contributed by atoms with E-state index in [9.17, 15) is 4.79 Å². The van der Waals surface area contributed by atoms with Gasteiger partial charge < -0.3 is 5.32 Å². The minimum absolute atomic E-state index is 0.0862. The molecule has 0 aliphatic rings. The maximum atomic E-state index is 12.3. The van der Waals surface area contributed by atoms with Crippen molar-refractivity contribution >= 4 is 28.1 Å². The third-order valence-electron chi connectivity index (χ3n) is 3.12. The third-order valence-corrected chi connectivity index (χ3v) is 4.10. The van der Waals surface area contributed by atoms with Crippen LogP contribution in [0.1, 0.15) is 30.8 Å². The number of aryl methyl sites for hydroxylation is 2. The van der Waals surface area contributed by atoms with Gasteiger partial charge in [-0.05, 0) is 31.9 Å². The summed E-state index contributed by atoms with van der Waals surface area (Å²) < 4.78 is 0. The lowest BCUT2D eigenvalue weighted by Crippen LogP contribution is -2.34. The van der Waals surface area contributed by atoms with Gasteiger partial charge in [-0.3, -0.25) is 10.1 Å². The van der Waals surface area contributed by atoms with E-state index in [0.29, 0.717) is 11.6 Å². The topological polar surface area (TPSA) is 66.9 Å². The highest BCUT2D eigenvalue weighted by Gasteiger charge is 2.17. The van der Waals surface area contributed by atoms with Gasteiger partial charge in [0.25, 0.3) is 0 Å². The molecule has 2 aromatic rings. The summed E-state index contributed by atoms with van der Waals surface area (Å²) in [6.07, 6.45) is 1.52. The molecule has 1 amide bonds. The Bertz CT molecular complexity index is 594. The van der Waals surface area contributed by atoms with Gasteiger partial charge in [-0.1, -0.05) is 42.9 Å². The highest BCUT2D eigenvalue weighted by atomic mass is 32.1. The van der Waals surface area contributed by atoms with Crippen LogP contribution in [0, 0.1) is 6.92 Å². The Morgan fingerprint density at radius 2 is 1.95 bits per heavy atom. The molecule has 2 rings (SSSR count). The van der Waals surface area contributed by atoms with Crippen LogP contribution in [-0.2, 0) is 11.2 Å². The zero-order valence-electron chi connectivity index (χ0n) is 12.5. The van der Waals surface area contributed by atoms with Gasteiger partial charge >= 0.3 is 0 Å². The molecule has 0 fully saturated rings. The molecule has 112 valence electrons. The van der Waals surface area contributed by atoms with Crippen molar-refractivity contribution < 1.29 is 4.79 Å². The van der Waals surface area contributed by atoms with Crippen molar-refractivity contribution in [2.45, 2.75) is 39.7 Å². The van der Waals surface area contributed by atoms with Crippen LogP contribution < -0.4 is 10.6 Å². The zero-order valence-corrected chi connectivity index (χ0v) is 13.3. The van der Waals surface area contributed by atoms with Crippen LogP contribution in [-0.4, -0.2) is 22.1 Å². The van der Waals surface area contributed by atoms with E-state index in [1.54, 1.807) is 0 Å². The van der Waals surface area contributed by atoms with E-state index in [1.807, 2.05) is 45.0 Å². The minimum Gasteiger partial charge on any atom is -0.374 e. The fraction of sp³-hybridized carbons (Fsp3) is 0.400. The molecule has 0 spiro atoms. The molecule has 0 bridgehead atoms. The number of hydrogen-bond donors (Lipinski definition) is 2. The zero-order chi connectivity index (χ0) is 15.2. The second-order valence-electron chi connectivity index (χ2n) is 4.81. The first-order chi connectivity index (χ1) is 10.1. The van der Waals surface area contributed by atoms with E-state index in [4.69, 9.17) is 0 Å². The van der Waals surface area contributed by atoms with Crippen LogP contribution in [0.15, 0.2) is 24.3 Å². The van der Waals surface area contributed by atoms with Gasteiger partial charge in [0.05, 0.1) is 0 Å². The number of carbonyl (C=O) groups is 1. The number of benzene rings is 1. The molecule has 0 saturated heterocycles. The number of anilines is 2. The summed E-state index contributed by atoms with van der Waals surface area (Å²) in [5.41, 5.74) is 2.13. The molecule has 0 radical (unpaired) electrons. The molecular formula is C15H20N4OS. The van der Waals surface area contributed by atoms with Crippen LogP contribution in [0.4, 0.5) is 10.8 Å². The Labute approximate surface area is 128 Å². The van der Waals surface area contributed by atoms with Gasteiger partial charge in [0.2, 0.25) is 11.0 Å². The van der Waals surface area contributed by atoms with E-state index in [-0.39, 0.29) is 11.9 Å². The van der Waals surface area contributed by atoms with E-state index in [2.05, 4.69) is 20.8 Å². The second kappa shape index (κ2) is 7.17. The van der Waals surface area contributed by atoms with E-state index in [0.717, 1.165) is 17.1 Å². The largest absolute Gasteiger partial charge is 0.374 e. The standard InChI is InChI=1S/C15H20N4OS/c1-4-12(16-11-8-6-10(3)7-9-11)14(20)17-15-19-18-13(5-2)21-15/h6-9,12,16H,4-5H2,1-3H3,(H,17,19,20)/t12-/m1/s1. The lowest BCUT2D eigenvalue weighted by Gasteiger charge is -2.17. The normalized spacial score (nSPS) is 12.0. The summed E-state index contributed by atoms with van der Waals surface area (Å²) in [6.45, 7) is 6.03. The highest BCUT2D eigenvalue weighted by Crippen LogP contribution is 2.17. The first kappa shape index (κ1) is 15.4. The monoisotopic (exact) mass is 304 g/mol. The fourth-order valence-corrected chi connectivity index (χ4v) is 2.53. The molecule has 21 heavy (non-hydrogen) atoms. The summed E-state index contributed by atoms with van der Waals surface area (Å²) in [4.78, 5) is 12.3. The SMILES string of the molecule is CCc1nnc(NC(=O)[C@@H](CC)Nc2ccc(C)cc2)s1. The molecule has 0 saturated carbocycles. The molecule has 6 heteroatoms. The smallest absolute Gasteiger partial charge is 0.248 e. The van der Waals surface area contributed by atoms with Crippen LogP contribution in [0.5, 0.6) is 0 Å². The Hall–Kier alpha value is -1.95. The number of carbonyl (C=O) groups excluding carboxylic acids is 1. The average Bonchev–Trinajstić information content (AvgIpc) is 2.94. The molecule has 1 heterocycles. The highest BCUT2D eigenvalue weighted by molar-refractivity contribution is 7.15. The molecule has 1 aromatic carbocycles. The maximum Gasteiger partial charge on any atom is 0.248 e. The Morgan fingerprint density at radius 3 is 2.52 bits per heavy atom. The minimum atomic E-state index is -0.290. The first-order valence-electron chi connectivity index (χ1n) is 7.08. The van der Waals surface area contributed by atoms with Crippen LogP contribution in [0.25, 0.3) is 0 Å². The summed E-state index contributed by atoms with van der Waals surface area (Å²) >= 11 is 1.42. The summed E-state index contributed by atoms with van der Waals surface area (Å²) in [7, 11) is 0. The molecule has 1 aromatic heterocycles. The third kappa shape index (κ3) is 4.26. The fourth-order valence-electron chi connectivity index (χ4n) is 1.84. The lowest BCUT2D eigenvalue weighted by molar-refractivity contribution is -0.117. The molecule has 1 atom stereocenters. The molecule has 0 aliphatic carbocycles. The van der Waals surface area contributed by atoms with E-state index in [1.165, 1.54) is 16.9 Å². The van der Waals surface area contributed by atoms with Crippen LogP contribution in [0.2, 0.25) is 0 Å². The summed E-state index contributed by atoms with van der Waals surface area (Å²) in [6, 6.07) is 7.70. The lowest BCUT2D eigenvalue weighted by atomic mass is 10.1. The predicted octanol–water partition coefficient (Wildman–Crippen LogP) is 3.24. The van der Waals surface area contributed by atoms with Crippen molar-refractivity contribution in [3.63, 3.8) is 0 Å². The average molecular weight is 304 g/mol. The van der Waals surface area contributed by atoms with Crippen LogP contribution in [0.3, 0.4) is 0 Å². The van der Waals surface area contributed by atoms with Gasteiger partial charge in [-0.25, -0.2) is 0 Å². The van der Waals surface area contributed by atoms with E-state index < -0.39 is 0 Å². The number of aromatic nitrogens is 2. The van der Waals surface area contributed by atoms with Crippen LogP contribution >= 0.6 is 11.3 Å². The quantitative estimate of drug-likeness (QED) is 0.860. The van der Waals surface area contributed by atoms with Crippen molar-refractivity contribution in [1.82, 2.24) is 10.2 Å². The van der Waals surface area contributed by atoms with Gasteiger partial charge in [0.15, 0.2) is 0 Å². The Balaban J connectivity index is 1.99. The van der Waals surface area contributed by atoms with Crippen molar-refractivity contribution in [3.05, 3.63) is 34.8 Å². The summed E-state index contributed by atoms with van der Waals surface area (Å²) in [5, 5.41) is 15.5. The Morgan fingerprint density at radius 1 is 1.24 bits per heavy atom. The number of amides is 1. The molecule has 0 aliphatic heterocycles. The molecular weight excluding hydrogens is 284 g/mol. The number of nitrogens with one attached hydrogen (secondary N) is 2. The summed E-state index contributed by atoms with van der Waals surface area (Å²) in [5.74, 6) is -0.0862.